The van der Waals surface area contributed by atoms with E-state index in [1.165, 1.54) is 5.56 Å². The van der Waals surface area contributed by atoms with Gasteiger partial charge in [-0.25, -0.2) is 0 Å². The highest BCUT2D eigenvalue weighted by molar-refractivity contribution is 5.55. The summed E-state index contributed by atoms with van der Waals surface area (Å²) >= 11 is 0. The van der Waals surface area contributed by atoms with E-state index in [0.717, 1.165) is 11.4 Å². The van der Waals surface area contributed by atoms with Gasteiger partial charge < -0.3 is 15.4 Å². The molecule has 0 aliphatic heterocycles. The van der Waals surface area contributed by atoms with Crippen molar-refractivity contribution in [1.29, 1.82) is 0 Å². The molecule has 0 aliphatic carbocycles. The van der Waals surface area contributed by atoms with Gasteiger partial charge in [0.2, 0.25) is 5.95 Å². The monoisotopic (exact) mass is 335 g/mol. The predicted octanol–water partition coefficient (Wildman–Crippen LogP) is 4.01. The fourth-order valence-electron chi connectivity index (χ4n) is 2.25. The average Bonchev–Trinajstić information content (AvgIpc) is 2.62. The summed E-state index contributed by atoms with van der Waals surface area (Å²) in [5.74, 6) is 1.94. The number of aromatic nitrogens is 3. The summed E-state index contributed by atoms with van der Waals surface area (Å²) in [5, 5.41) is 14.4. The van der Waals surface area contributed by atoms with Crippen molar-refractivity contribution in [3.8, 4) is 5.75 Å². The maximum atomic E-state index is 5.63. The third-order valence-corrected chi connectivity index (χ3v) is 3.36. The van der Waals surface area contributed by atoms with Crippen molar-refractivity contribution in [2.75, 3.05) is 10.6 Å². The fraction of sp³-hybridized carbons (Fsp3) is 0.211. The van der Waals surface area contributed by atoms with Gasteiger partial charge in [0.1, 0.15) is 5.75 Å². The van der Waals surface area contributed by atoms with Crippen molar-refractivity contribution in [1.82, 2.24) is 15.2 Å². The lowest BCUT2D eigenvalue weighted by Crippen LogP contribution is -2.06. The average molecular weight is 335 g/mol. The number of hydrogen-bond donors (Lipinski definition) is 2. The minimum absolute atomic E-state index is 0.152. The van der Waals surface area contributed by atoms with E-state index in [4.69, 9.17) is 4.74 Å². The Kier molecular flexibility index (Phi) is 5.41. The summed E-state index contributed by atoms with van der Waals surface area (Å²) in [7, 11) is 0. The minimum Gasteiger partial charge on any atom is -0.491 e. The summed E-state index contributed by atoms with van der Waals surface area (Å²) in [4.78, 5) is 4.43. The van der Waals surface area contributed by atoms with Crippen LogP contribution in [-0.4, -0.2) is 21.3 Å². The summed E-state index contributed by atoms with van der Waals surface area (Å²) in [6, 6.07) is 17.8. The Morgan fingerprint density at radius 2 is 1.76 bits per heavy atom. The highest BCUT2D eigenvalue weighted by atomic mass is 16.5. The van der Waals surface area contributed by atoms with E-state index < -0.39 is 0 Å². The molecule has 6 heteroatoms. The second-order valence-electron chi connectivity index (χ2n) is 5.82. The molecule has 2 N–H and O–H groups in total. The molecule has 0 saturated heterocycles. The smallest absolute Gasteiger partial charge is 0.249 e. The molecule has 0 bridgehead atoms. The first kappa shape index (κ1) is 16.7. The molecule has 25 heavy (non-hydrogen) atoms. The molecule has 0 fully saturated rings. The number of ether oxygens (including phenoxy) is 1. The Morgan fingerprint density at radius 3 is 2.48 bits per heavy atom. The molecule has 0 aliphatic rings. The molecule has 6 nitrogen and oxygen atoms in total. The quantitative estimate of drug-likeness (QED) is 0.679. The van der Waals surface area contributed by atoms with Crippen LogP contribution in [0.1, 0.15) is 19.4 Å². The first-order chi connectivity index (χ1) is 12.2. The lowest BCUT2D eigenvalue weighted by molar-refractivity contribution is 0.242. The molecule has 1 aromatic heterocycles. The zero-order valence-corrected chi connectivity index (χ0v) is 14.3. The van der Waals surface area contributed by atoms with E-state index in [1.807, 2.05) is 56.3 Å². The Balaban J connectivity index is 1.61. The molecule has 0 atom stereocenters. The highest BCUT2D eigenvalue weighted by Crippen LogP contribution is 2.19. The molecule has 0 saturated carbocycles. The third kappa shape index (κ3) is 5.17. The largest absolute Gasteiger partial charge is 0.491 e. The van der Waals surface area contributed by atoms with Crippen LogP contribution in [0.15, 0.2) is 60.8 Å². The van der Waals surface area contributed by atoms with E-state index in [-0.39, 0.29) is 6.10 Å². The molecule has 0 amide bonds. The molecule has 0 radical (unpaired) electrons. The lowest BCUT2D eigenvalue weighted by Gasteiger charge is -2.11. The number of benzene rings is 2. The molecular weight excluding hydrogens is 314 g/mol. The van der Waals surface area contributed by atoms with E-state index >= 15 is 0 Å². The number of nitrogens with one attached hydrogen (secondary N) is 2. The molecular formula is C19H21N5O. The lowest BCUT2D eigenvalue weighted by atomic mass is 10.2. The van der Waals surface area contributed by atoms with Gasteiger partial charge in [0.25, 0.3) is 0 Å². The van der Waals surface area contributed by atoms with E-state index in [0.29, 0.717) is 18.3 Å². The van der Waals surface area contributed by atoms with Crippen molar-refractivity contribution in [3.63, 3.8) is 0 Å². The van der Waals surface area contributed by atoms with Crippen LogP contribution in [0.3, 0.4) is 0 Å². The van der Waals surface area contributed by atoms with Gasteiger partial charge in [0, 0.05) is 12.2 Å². The van der Waals surface area contributed by atoms with Crippen LogP contribution in [0.5, 0.6) is 5.75 Å². The molecule has 3 aromatic rings. The van der Waals surface area contributed by atoms with Crippen LogP contribution in [0.2, 0.25) is 0 Å². The second-order valence-corrected chi connectivity index (χ2v) is 5.82. The van der Waals surface area contributed by atoms with E-state index in [1.54, 1.807) is 6.20 Å². The third-order valence-electron chi connectivity index (χ3n) is 3.36. The van der Waals surface area contributed by atoms with Crippen LogP contribution < -0.4 is 15.4 Å². The van der Waals surface area contributed by atoms with Crippen LogP contribution in [-0.2, 0) is 6.54 Å². The van der Waals surface area contributed by atoms with Crippen molar-refractivity contribution in [2.45, 2.75) is 26.5 Å². The Morgan fingerprint density at radius 1 is 1.00 bits per heavy atom. The molecule has 2 aromatic carbocycles. The summed E-state index contributed by atoms with van der Waals surface area (Å²) in [6.45, 7) is 4.68. The van der Waals surface area contributed by atoms with Crippen molar-refractivity contribution >= 4 is 17.5 Å². The van der Waals surface area contributed by atoms with Gasteiger partial charge in [-0.05, 0) is 43.7 Å². The number of rotatable bonds is 7. The number of anilines is 3. The Labute approximate surface area is 147 Å². The SMILES string of the molecule is CC(C)Oc1ccc(Nc2nncc(NCc3ccccc3)n2)cc1. The predicted molar refractivity (Wildman–Crippen MR) is 99.1 cm³/mol. The Hall–Kier alpha value is -3.15. The van der Waals surface area contributed by atoms with Crippen molar-refractivity contribution < 1.29 is 4.74 Å². The van der Waals surface area contributed by atoms with Gasteiger partial charge in [-0.2, -0.15) is 10.1 Å². The van der Waals surface area contributed by atoms with Gasteiger partial charge in [-0.1, -0.05) is 30.3 Å². The maximum absolute atomic E-state index is 5.63. The fourth-order valence-corrected chi connectivity index (χ4v) is 2.25. The normalized spacial score (nSPS) is 10.5. The molecule has 0 unspecified atom stereocenters. The van der Waals surface area contributed by atoms with Gasteiger partial charge in [0.15, 0.2) is 5.82 Å². The standard InChI is InChI=1S/C19H21N5O/c1-14(2)25-17-10-8-16(9-11-17)22-19-23-18(13-21-24-19)20-12-15-6-4-3-5-7-15/h3-11,13-14H,12H2,1-2H3,(H2,20,22,23,24). The molecule has 1 heterocycles. The van der Waals surface area contributed by atoms with Gasteiger partial charge in [0.05, 0.1) is 12.3 Å². The molecule has 128 valence electrons. The topological polar surface area (TPSA) is 72.0 Å². The highest BCUT2D eigenvalue weighted by Gasteiger charge is 2.03. The summed E-state index contributed by atoms with van der Waals surface area (Å²) in [5.41, 5.74) is 2.05. The summed E-state index contributed by atoms with van der Waals surface area (Å²) < 4.78 is 5.63. The maximum Gasteiger partial charge on any atom is 0.249 e. The zero-order chi connectivity index (χ0) is 17.5. The van der Waals surface area contributed by atoms with Gasteiger partial charge >= 0.3 is 0 Å². The van der Waals surface area contributed by atoms with E-state index in [9.17, 15) is 0 Å². The van der Waals surface area contributed by atoms with Crippen molar-refractivity contribution in [2.24, 2.45) is 0 Å². The molecule has 3 rings (SSSR count). The Bertz CT molecular complexity index is 790. The van der Waals surface area contributed by atoms with Gasteiger partial charge in [-0.3, -0.25) is 0 Å². The first-order valence-electron chi connectivity index (χ1n) is 8.20. The number of nitrogens with zero attached hydrogens (tertiary/aromatic N) is 3. The van der Waals surface area contributed by atoms with Crippen LogP contribution in [0, 0.1) is 0 Å². The van der Waals surface area contributed by atoms with Crippen molar-refractivity contribution in [3.05, 3.63) is 66.4 Å². The molecule has 0 spiro atoms. The first-order valence-corrected chi connectivity index (χ1v) is 8.20. The van der Waals surface area contributed by atoms with Crippen LogP contribution in [0.4, 0.5) is 17.5 Å². The second kappa shape index (κ2) is 8.10. The van der Waals surface area contributed by atoms with Crippen LogP contribution in [0.25, 0.3) is 0 Å². The zero-order valence-electron chi connectivity index (χ0n) is 14.3. The minimum atomic E-state index is 0.152. The van der Waals surface area contributed by atoms with E-state index in [2.05, 4.69) is 37.9 Å². The van der Waals surface area contributed by atoms with Gasteiger partial charge in [-0.15, -0.1) is 5.10 Å². The van der Waals surface area contributed by atoms with Crippen LogP contribution >= 0.6 is 0 Å². The summed E-state index contributed by atoms with van der Waals surface area (Å²) in [6.07, 6.45) is 1.76. The number of hydrogen-bond acceptors (Lipinski definition) is 6.